The summed E-state index contributed by atoms with van der Waals surface area (Å²) in [5.41, 5.74) is 1.63. The molecule has 2 unspecified atom stereocenters. The molecule has 0 saturated heterocycles. The summed E-state index contributed by atoms with van der Waals surface area (Å²) in [5, 5.41) is 0. The summed E-state index contributed by atoms with van der Waals surface area (Å²) < 4.78 is 16.9. The molecule has 170 valence electrons. The fraction of sp³-hybridized carbons (Fsp3) is 0.708. The molecule has 0 amide bonds. The van der Waals surface area contributed by atoms with E-state index >= 15 is 0 Å². The Morgan fingerprint density at radius 1 is 0.967 bits per heavy atom. The smallest absolute Gasteiger partial charge is 0.333 e. The summed E-state index contributed by atoms with van der Waals surface area (Å²) in [7, 11) is 0. The molecule has 1 aliphatic rings. The van der Waals surface area contributed by atoms with Crippen LogP contribution in [0, 0.1) is 17.8 Å². The summed E-state index contributed by atoms with van der Waals surface area (Å²) >= 11 is 0. The van der Waals surface area contributed by atoms with Gasteiger partial charge in [-0.1, -0.05) is 25.5 Å². The molecule has 1 saturated carbocycles. The van der Waals surface area contributed by atoms with E-state index in [4.69, 9.17) is 14.2 Å². The van der Waals surface area contributed by atoms with Gasteiger partial charge in [-0.2, -0.15) is 0 Å². The van der Waals surface area contributed by atoms with E-state index in [0.717, 1.165) is 5.57 Å². The third kappa shape index (κ3) is 8.33. The van der Waals surface area contributed by atoms with Gasteiger partial charge in [0.1, 0.15) is 18.3 Å². The fourth-order valence-electron chi connectivity index (χ4n) is 4.08. The molecule has 1 fully saturated rings. The van der Waals surface area contributed by atoms with Crippen molar-refractivity contribution in [1.82, 2.24) is 0 Å². The lowest BCUT2D eigenvalue weighted by Gasteiger charge is -2.42. The highest BCUT2D eigenvalue weighted by Gasteiger charge is 2.41. The second kappa shape index (κ2) is 11.9. The van der Waals surface area contributed by atoms with Crippen LogP contribution < -0.4 is 0 Å². The van der Waals surface area contributed by atoms with Crippen molar-refractivity contribution >= 4 is 17.9 Å². The Hall–Kier alpha value is -2.11. The van der Waals surface area contributed by atoms with Crippen molar-refractivity contribution in [3.63, 3.8) is 0 Å². The van der Waals surface area contributed by atoms with Gasteiger partial charge in [-0.3, -0.25) is 9.59 Å². The Morgan fingerprint density at radius 3 is 2.10 bits per heavy atom. The summed E-state index contributed by atoms with van der Waals surface area (Å²) in [6.07, 6.45) is 4.66. The topological polar surface area (TPSA) is 78.9 Å². The van der Waals surface area contributed by atoms with Gasteiger partial charge in [0, 0.05) is 25.3 Å². The first-order chi connectivity index (χ1) is 13.9. The molecule has 1 aliphatic carbocycles. The van der Waals surface area contributed by atoms with Crippen LogP contribution in [0.1, 0.15) is 74.7 Å². The Kier molecular flexibility index (Phi) is 10.3. The molecule has 0 aromatic carbocycles. The minimum Gasteiger partial charge on any atom is -0.462 e. The van der Waals surface area contributed by atoms with E-state index in [-0.39, 0.29) is 54.0 Å². The van der Waals surface area contributed by atoms with E-state index in [1.165, 1.54) is 13.8 Å². The van der Waals surface area contributed by atoms with Gasteiger partial charge in [-0.05, 0) is 64.9 Å². The van der Waals surface area contributed by atoms with Crippen LogP contribution in [0.15, 0.2) is 23.3 Å². The SMILES string of the molecule is C/C=C(/C)C(=O)O[C@@H]1C[C@H](C)[C@H](OC(C)=O)C[C@H]1C(C)CC(C=C(C)C)OC(C)=O. The lowest BCUT2D eigenvalue weighted by atomic mass is 9.71. The number of hydrogen-bond donors (Lipinski definition) is 0. The summed E-state index contributed by atoms with van der Waals surface area (Å²) in [6.45, 7) is 14.4. The highest BCUT2D eigenvalue weighted by molar-refractivity contribution is 5.87. The van der Waals surface area contributed by atoms with Crippen molar-refractivity contribution in [2.75, 3.05) is 0 Å². The highest BCUT2D eigenvalue weighted by Crippen LogP contribution is 2.39. The minimum absolute atomic E-state index is 0.0113. The molecule has 0 aromatic rings. The largest absolute Gasteiger partial charge is 0.462 e. The molecule has 30 heavy (non-hydrogen) atoms. The van der Waals surface area contributed by atoms with Crippen LogP contribution >= 0.6 is 0 Å². The van der Waals surface area contributed by atoms with Crippen molar-refractivity contribution in [3.8, 4) is 0 Å². The molecule has 0 heterocycles. The van der Waals surface area contributed by atoms with E-state index in [9.17, 15) is 14.4 Å². The van der Waals surface area contributed by atoms with E-state index in [0.29, 0.717) is 24.8 Å². The number of hydrogen-bond acceptors (Lipinski definition) is 6. The number of esters is 3. The first-order valence-electron chi connectivity index (χ1n) is 10.8. The van der Waals surface area contributed by atoms with Crippen molar-refractivity contribution in [3.05, 3.63) is 23.3 Å². The highest BCUT2D eigenvalue weighted by atomic mass is 16.6. The average molecular weight is 423 g/mol. The molecule has 1 rings (SSSR count). The Labute approximate surface area is 181 Å². The number of carbonyl (C=O) groups is 3. The van der Waals surface area contributed by atoms with Crippen molar-refractivity contribution in [2.24, 2.45) is 17.8 Å². The molecule has 6 heteroatoms. The first kappa shape index (κ1) is 25.9. The second-order valence-corrected chi connectivity index (χ2v) is 8.78. The second-order valence-electron chi connectivity index (χ2n) is 8.78. The maximum atomic E-state index is 12.4. The molecule has 6 nitrogen and oxygen atoms in total. The van der Waals surface area contributed by atoms with Crippen LogP contribution in [-0.2, 0) is 28.6 Å². The van der Waals surface area contributed by atoms with Gasteiger partial charge < -0.3 is 14.2 Å². The zero-order valence-electron chi connectivity index (χ0n) is 19.7. The van der Waals surface area contributed by atoms with E-state index < -0.39 is 0 Å². The van der Waals surface area contributed by atoms with Gasteiger partial charge in [0.2, 0.25) is 0 Å². The molecule has 6 atom stereocenters. The third-order valence-corrected chi connectivity index (χ3v) is 5.72. The number of ether oxygens (including phenoxy) is 3. The summed E-state index contributed by atoms with van der Waals surface area (Å²) in [4.78, 5) is 35.5. The van der Waals surface area contributed by atoms with Gasteiger partial charge in [-0.15, -0.1) is 0 Å². The summed E-state index contributed by atoms with van der Waals surface area (Å²) in [5.74, 6) is -0.795. The number of rotatable bonds is 8. The van der Waals surface area contributed by atoms with E-state index in [2.05, 4.69) is 6.92 Å². The molecule has 0 spiro atoms. The normalized spacial score (nSPS) is 26.2. The van der Waals surface area contributed by atoms with Gasteiger partial charge in [0.25, 0.3) is 0 Å². The van der Waals surface area contributed by atoms with Gasteiger partial charge in [-0.25, -0.2) is 4.79 Å². The number of allylic oxidation sites excluding steroid dienone is 2. The molecular weight excluding hydrogens is 384 g/mol. The van der Waals surface area contributed by atoms with Crippen LogP contribution in [0.5, 0.6) is 0 Å². The van der Waals surface area contributed by atoms with Crippen molar-refractivity contribution in [1.29, 1.82) is 0 Å². The predicted molar refractivity (Wildman–Crippen MR) is 116 cm³/mol. The Bertz CT molecular complexity index is 673. The zero-order valence-corrected chi connectivity index (χ0v) is 19.7. The van der Waals surface area contributed by atoms with Crippen molar-refractivity contribution < 1.29 is 28.6 Å². The van der Waals surface area contributed by atoms with E-state index in [1.807, 2.05) is 26.8 Å². The van der Waals surface area contributed by atoms with Crippen LogP contribution in [0.2, 0.25) is 0 Å². The Morgan fingerprint density at radius 2 is 1.60 bits per heavy atom. The fourth-order valence-corrected chi connectivity index (χ4v) is 4.08. The third-order valence-electron chi connectivity index (χ3n) is 5.72. The molecule has 0 aliphatic heterocycles. The molecule has 0 aromatic heterocycles. The minimum atomic E-state index is -0.345. The molecule has 0 bridgehead atoms. The summed E-state index contributed by atoms with van der Waals surface area (Å²) in [6, 6.07) is 0. The van der Waals surface area contributed by atoms with Gasteiger partial charge >= 0.3 is 17.9 Å². The number of carbonyl (C=O) groups excluding carboxylic acids is 3. The van der Waals surface area contributed by atoms with Crippen LogP contribution in [0.25, 0.3) is 0 Å². The predicted octanol–water partition coefficient (Wildman–Crippen LogP) is 4.77. The van der Waals surface area contributed by atoms with E-state index in [1.54, 1.807) is 19.9 Å². The van der Waals surface area contributed by atoms with Crippen LogP contribution in [0.3, 0.4) is 0 Å². The maximum absolute atomic E-state index is 12.4. The monoisotopic (exact) mass is 422 g/mol. The Balaban J connectivity index is 3.08. The van der Waals surface area contributed by atoms with Gasteiger partial charge in [0.05, 0.1) is 0 Å². The van der Waals surface area contributed by atoms with Crippen LogP contribution in [-0.4, -0.2) is 36.2 Å². The van der Waals surface area contributed by atoms with Crippen LogP contribution in [0.4, 0.5) is 0 Å². The molecule has 0 N–H and O–H groups in total. The average Bonchev–Trinajstić information content (AvgIpc) is 2.61. The first-order valence-corrected chi connectivity index (χ1v) is 10.8. The quantitative estimate of drug-likeness (QED) is 0.243. The van der Waals surface area contributed by atoms with Crippen molar-refractivity contribution in [2.45, 2.75) is 93.0 Å². The zero-order chi connectivity index (χ0) is 23.0. The van der Waals surface area contributed by atoms with Gasteiger partial charge in [0.15, 0.2) is 0 Å². The lowest BCUT2D eigenvalue weighted by Crippen LogP contribution is -2.44. The molecule has 0 radical (unpaired) electrons. The maximum Gasteiger partial charge on any atom is 0.333 e. The lowest BCUT2D eigenvalue weighted by molar-refractivity contribution is -0.166. The molecular formula is C24H38O6. The standard InChI is InChI=1S/C24H38O6/c1-9-15(4)24(27)30-23-12-17(6)22(29-19(8)26)13-21(23)16(5)11-20(10-14(2)3)28-18(7)25/h9-10,16-17,20-23H,11-13H2,1-8H3/b15-9-/t16?,17-,20?,21-,22+,23+/m0/s1.